The maximum atomic E-state index is 13.9. The average molecular weight is 334 g/mol. The number of nitrogens with zero attached hydrogens (tertiary/aromatic N) is 1. The normalized spacial score (nSPS) is 20.1. The maximum Gasteiger partial charge on any atom is 0.261 e. The van der Waals surface area contributed by atoms with Crippen LogP contribution in [0.2, 0.25) is 0 Å². The zero-order chi connectivity index (χ0) is 15.6. The first-order chi connectivity index (χ1) is 9.80. The van der Waals surface area contributed by atoms with E-state index >= 15 is 0 Å². The highest BCUT2D eigenvalue weighted by atomic mass is 35.7. The molecular weight excluding hydrogens is 317 g/mol. The van der Waals surface area contributed by atoms with E-state index in [2.05, 4.69) is 0 Å². The number of rotatable bonds is 2. The minimum atomic E-state index is -3.99. The number of hydrogen-bond acceptors (Lipinski definition) is 3. The van der Waals surface area contributed by atoms with Crippen molar-refractivity contribution in [3.05, 3.63) is 29.6 Å². The van der Waals surface area contributed by atoms with Gasteiger partial charge in [-0.25, -0.2) is 12.8 Å². The largest absolute Gasteiger partial charge is 0.336 e. The summed E-state index contributed by atoms with van der Waals surface area (Å²) in [6, 6.07) is 3.04. The van der Waals surface area contributed by atoms with Crippen LogP contribution in [-0.2, 0) is 9.05 Å². The Balaban J connectivity index is 2.38. The molecule has 1 saturated heterocycles. The van der Waals surface area contributed by atoms with Gasteiger partial charge in [-0.1, -0.05) is 12.8 Å². The predicted octanol–water partition coefficient (Wildman–Crippen LogP) is 3.16. The van der Waals surface area contributed by atoms with Gasteiger partial charge in [-0.15, -0.1) is 0 Å². The summed E-state index contributed by atoms with van der Waals surface area (Å²) in [5.74, 6) is -1.22. The van der Waals surface area contributed by atoms with E-state index in [1.165, 1.54) is 0 Å². The minimum absolute atomic E-state index is 0.00987. The molecule has 1 aliphatic heterocycles. The van der Waals surface area contributed by atoms with E-state index in [0.29, 0.717) is 6.54 Å². The van der Waals surface area contributed by atoms with Crippen molar-refractivity contribution >= 4 is 25.6 Å². The Labute approximate surface area is 128 Å². The lowest BCUT2D eigenvalue weighted by Gasteiger charge is -2.27. The third-order valence-corrected chi connectivity index (χ3v) is 5.12. The molecular formula is C14H17ClFNO3S. The molecule has 116 valence electrons. The van der Waals surface area contributed by atoms with Crippen LogP contribution in [0.4, 0.5) is 4.39 Å². The van der Waals surface area contributed by atoms with Gasteiger partial charge >= 0.3 is 0 Å². The molecule has 1 aromatic rings. The van der Waals surface area contributed by atoms with Crippen LogP contribution in [0.5, 0.6) is 0 Å². The van der Waals surface area contributed by atoms with Gasteiger partial charge in [0.15, 0.2) is 0 Å². The summed E-state index contributed by atoms with van der Waals surface area (Å²) in [5.41, 5.74) is -0.245. The SMILES string of the molecule is CC1CCCCCN1C(=O)c1cc(S(=O)(=O)Cl)ccc1F. The smallest absolute Gasteiger partial charge is 0.261 e. The Morgan fingerprint density at radius 1 is 1.33 bits per heavy atom. The second-order valence-corrected chi connectivity index (χ2v) is 7.84. The molecule has 0 spiro atoms. The molecule has 0 radical (unpaired) electrons. The van der Waals surface area contributed by atoms with Gasteiger partial charge in [-0.3, -0.25) is 4.79 Å². The topological polar surface area (TPSA) is 54.5 Å². The van der Waals surface area contributed by atoms with E-state index in [-0.39, 0.29) is 16.5 Å². The van der Waals surface area contributed by atoms with E-state index in [0.717, 1.165) is 43.9 Å². The Hall–Kier alpha value is -1.14. The molecule has 7 heteroatoms. The number of amides is 1. The first kappa shape index (κ1) is 16.2. The number of hydrogen-bond donors (Lipinski definition) is 0. The van der Waals surface area contributed by atoms with Gasteiger partial charge in [0.05, 0.1) is 10.5 Å². The highest BCUT2D eigenvalue weighted by Crippen LogP contribution is 2.23. The summed E-state index contributed by atoms with van der Waals surface area (Å²) in [6.07, 6.45) is 3.79. The van der Waals surface area contributed by atoms with Crippen LogP contribution < -0.4 is 0 Å². The van der Waals surface area contributed by atoms with Crippen molar-refractivity contribution < 1.29 is 17.6 Å². The van der Waals surface area contributed by atoms with Gasteiger partial charge in [0.1, 0.15) is 5.82 Å². The van der Waals surface area contributed by atoms with Crippen LogP contribution in [-0.4, -0.2) is 31.8 Å². The minimum Gasteiger partial charge on any atom is -0.336 e. The van der Waals surface area contributed by atoms with Crippen LogP contribution >= 0.6 is 10.7 Å². The first-order valence-electron chi connectivity index (χ1n) is 6.86. The predicted molar refractivity (Wildman–Crippen MR) is 78.4 cm³/mol. The summed E-state index contributed by atoms with van der Waals surface area (Å²) in [4.78, 5) is 13.9. The number of halogens is 2. The molecule has 1 unspecified atom stereocenters. The average Bonchev–Trinajstić information content (AvgIpc) is 2.62. The lowest BCUT2D eigenvalue weighted by atomic mass is 10.1. The molecule has 1 aromatic carbocycles. The van der Waals surface area contributed by atoms with Gasteiger partial charge < -0.3 is 4.90 Å². The Morgan fingerprint density at radius 2 is 2.05 bits per heavy atom. The fourth-order valence-electron chi connectivity index (χ4n) is 2.55. The third kappa shape index (κ3) is 3.74. The Bertz CT molecular complexity index is 648. The van der Waals surface area contributed by atoms with E-state index in [1.807, 2.05) is 6.92 Å². The molecule has 21 heavy (non-hydrogen) atoms. The summed E-state index contributed by atoms with van der Waals surface area (Å²) >= 11 is 0. The lowest BCUT2D eigenvalue weighted by Crippen LogP contribution is -2.38. The zero-order valence-corrected chi connectivity index (χ0v) is 13.3. The van der Waals surface area contributed by atoms with Gasteiger partial charge in [-0.2, -0.15) is 0 Å². The summed E-state index contributed by atoms with van der Waals surface area (Å²) < 4.78 is 36.6. The zero-order valence-electron chi connectivity index (χ0n) is 11.7. The molecule has 1 heterocycles. The van der Waals surface area contributed by atoms with Crippen molar-refractivity contribution in [2.45, 2.75) is 43.5 Å². The van der Waals surface area contributed by atoms with Gasteiger partial charge in [0.25, 0.3) is 15.0 Å². The number of likely N-dealkylation sites (tertiary alicyclic amines) is 1. The maximum absolute atomic E-state index is 13.9. The standard InChI is InChI=1S/C14H17ClFNO3S/c1-10-5-3-2-4-8-17(10)14(18)12-9-11(21(15,19)20)6-7-13(12)16/h6-7,9-10H,2-5,8H2,1H3. The summed E-state index contributed by atoms with van der Waals surface area (Å²) in [6.45, 7) is 2.47. The van der Waals surface area contributed by atoms with Crippen LogP contribution in [0.15, 0.2) is 23.1 Å². The van der Waals surface area contributed by atoms with E-state index in [9.17, 15) is 17.6 Å². The summed E-state index contributed by atoms with van der Waals surface area (Å²) in [7, 11) is 1.26. The van der Waals surface area contributed by atoms with Crippen LogP contribution in [0, 0.1) is 5.82 Å². The molecule has 0 N–H and O–H groups in total. The molecule has 0 bridgehead atoms. The monoisotopic (exact) mass is 333 g/mol. The van der Waals surface area contributed by atoms with Crippen molar-refractivity contribution in [2.75, 3.05) is 6.54 Å². The molecule has 0 aliphatic carbocycles. The highest BCUT2D eigenvalue weighted by Gasteiger charge is 2.26. The Morgan fingerprint density at radius 3 is 2.71 bits per heavy atom. The number of benzene rings is 1. The molecule has 1 amide bonds. The van der Waals surface area contributed by atoms with Crippen molar-refractivity contribution in [3.63, 3.8) is 0 Å². The van der Waals surface area contributed by atoms with Crippen molar-refractivity contribution in [3.8, 4) is 0 Å². The molecule has 1 fully saturated rings. The molecule has 1 atom stereocenters. The fourth-order valence-corrected chi connectivity index (χ4v) is 3.33. The third-order valence-electron chi connectivity index (χ3n) is 3.76. The highest BCUT2D eigenvalue weighted by molar-refractivity contribution is 8.13. The molecule has 4 nitrogen and oxygen atoms in total. The van der Waals surface area contributed by atoms with E-state index in [1.54, 1.807) is 4.90 Å². The number of carbonyl (C=O) groups is 1. The van der Waals surface area contributed by atoms with Gasteiger partial charge in [0, 0.05) is 23.3 Å². The van der Waals surface area contributed by atoms with Crippen molar-refractivity contribution in [1.29, 1.82) is 0 Å². The van der Waals surface area contributed by atoms with Crippen LogP contribution in [0.3, 0.4) is 0 Å². The molecule has 2 rings (SSSR count). The second-order valence-electron chi connectivity index (χ2n) is 5.28. The van der Waals surface area contributed by atoms with Crippen molar-refractivity contribution in [1.82, 2.24) is 4.90 Å². The second kappa shape index (κ2) is 6.32. The quantitative estimate of drug-likeness (QED) is 0.781. The van der Waals surface area contributed by atoms with Crippen molar-refractivity contribution in [2.24, 2.45) is 0 Å². The van der Waals surface area contributed by atoms with E-state index in [4.69, 9.17) is 10.7 Å². The lowest BCUT2D eigenvalue weighted by molar-refractivity contribution is 0.0693. The Kier molecular flexibility index (Phi) is 4.88. The summed E-state index contributed by atoms with van der Waals surface area (Å²) in [5, 5.41) is 0. The van der Waals surface area contributed by atoms with Crippen LogP contribution in [0.1, 0.15) is 43.0 Å². The number of carbonyl (C=O) groups excluding carboxylic acids is 1. The molecule has 1 aliphatic rings. The van der Waals surface area contributed by atoms with Crippen LogP contribution in [0.25, 0.3) is 0 Å². The first-order valence-corrected chi connectivity index (χ1v) is 9.17. The molecule has 0 aromatic heterocycles. The van der Waals surface area contributed by atoms with E-state index < -0.39 is 20.8 Å². The molecule has 0 saturated carbocycles. The fraction of sp³-hybridized carbons (Fsp3) is 0.500. The van der Waals surface area contributed by atoms with Gasteiger partial charge in [-0.05, 0) is 38.0 Å². The van der Waals surface area contributed by atoms with Gasteiger partial charge in [0.2, 0.25) is 0 Å².